The van der Waals surface area contributed by atoms with Gasteiger partial charge in [-0.05, 0) is 42.0 Å². The number of hydrogen-bond acceptors (Lipinski definition) is 2. The SMILES string of the molecule is C=Cc1sc2cccc(-c3ccccc3)c2[n+]1Cc1cccc(Oc2ccccc2)c1.[Br-]. The number of nitrogens with zero attached hydrogens (tertiary/aromatic N) is 1. The highest BCUT2D eigenvalue weighted by molar-refractivity contribution is 7.18. The van der Waals surface area contributed by atoms with Gasteiger partial charge in [-0.3, -0.25) is 0 Å². The molecule has 1 aromatic heterocycles. The molecule has 1 heterocycles. The van der Waals surface area contributed by atoms with Crippen LogP contribution in [0.5, 0.6) is 11.5 Å². The summed E-state index contributed by atoms with van der Waals surface area (Å²) in [6, 6.07) is 35.3. The molecule has 0 saturated carbocycles. The Bertz CT molecular complexity index is 1350. The molecule has 4 heteroatoms. The number of rotatable bonds is 6. The molecular weight excluding hydrogens is 478 g/mol. The molecule has 0 amide bonds. The highest BCUT2D eigenvalue weighted by Crippen LogP contribution is 2.31. The van der Waals surface area contributed by atoms with Crippen molar-refractivity contribution in [3.8, 4) is 22.6 Å². The van der Waals surface area contributed by atoms with Crippen molar-refractivity contribution in [3.05, 3.63) is 120 Å². The van der Waals surface area contributed by atoms with Crippen molar-refractivity contribution < 1.29 is 26.3 Å². The number of para-hydroxylation sites is 2. The minimum atomic E-state index is 0. The summed E-state index contributed by atoms with van der Waals surface area (Å²) < 4.78 is 9.66. The standard InChI is InChI=1S/C28H22NOS.BrH/c1-2-27-29(20-21-11-9-16-24(19-21)30-23-14-7-4-8-15-23)28-25(17-10-18-26(28)31-27)22-12-5-3-6-13-22;/h2-19H,1,20H2;1H/q+1;/p-1. The van der Waals surface area contributed by atoms with E-state index in [9.17, 15) is 0 Å². The van der Waals surface area contributed by atoms with Crippen molar-refractivity contribution in [2.24, 2.45) is 0 Å². The Hall–Kier alpha value is -3.21. The summed E-state index contributed by atoms with van der Waals surface area (Å²) in [4.78, 5) is 0. The lowest BCUT2D eigenvalue weighted by Crippen LogP contribution is -3.00. The van der Waals surface area contributed by atoms with Gasteiger partial charge in [0.05, 0.1) is 5.56 Å². The quantitative estimate of drug-likeness (QED) is 0.316. The zero-order valence-electron chi connectivity index (χ0n) is 17.4. The van der Waals surface area contributed by atoms with Crippen LogP contribution in [0.15, 0.2) is 110 Å². The van der Waals surface area contributed by atoms with Gasteiger partial charge in [-0.25, -0.2) is 0 Å². The van der Waals surface area contributed by atoms with Crippen molar-refractivity contribution in [1.82, 2.24) is 0 Å². The Balaban J connectivity index is 0.00000245. The number of fused-ring (bicyclic) bond motifs is 1. The van der Waals surface area contributed by atoms with Crippen molar-refractivity contribution >= 4 is 27.6 Å². The Morgan fingerprint density at radius 2 is 1.47 bits per heavy atom. The first kappa shape index (κ1) is 22.0. The summed E-state index contributed by atoms with van der Waals surface area (Å²) >= 11 is 1.77. The third-order valence-corrected chi connectivity index (χ3v) is 6.37. The molecule has 0 atom stereocenters. The first-order valence-corrected chi connectivity index (χ1v) is 11.1. The fraction of sp³-hybridized carbons (Fsp3) is 0.0357. The van der Waals surface area contributed by atoms with E-state index < -0.39 is 0 Å². The molecule has 158 valence electrons. The summed E-state index contributed by atoms with van der Waals surface area (Å²) in [5.41, 5.74) is 4.88. The minimum absolute atomic E-state index is 0. The van der Waals surface area contributed by atoms with Gasteiger partial charge in [-0.1, -0.05) is 84.6 Å². The van der Waals surface area contributed by atoms with Gasteiger partial charge in [-0.2, -0.15) is 4.57 Å². The van der Waals surface area contributed by atoms with Crippen LogP contribution in [0.4, 0.5) is 0 Å². The molecule has 0 unspecified atom stereocenters. The van der Waals surface area contributed by atoms with Crippen LogP contribution < -0.4 is 26.3 Å². The monoisotopic (exact) mass is 499 g/mol. The first-order chi connectivity index (χ1) is 15.3. The van der Waals surface area contributed by atoms with Crippen LogP contribution in [-0.4, -0.2) is 0 Å². The van der Waals surface area contributed by atoms with Gasteiger partial charge in [0.25, 0.3) is 5.01 Å². The van der Waals surface area contributed by atoms with E-state index in [1.54, 1.807) is 11.3 Å². The Kier molecular flexibility index (Phi) is 6.84. The predicted octanol–water partition coefficient (Wildman–Crippen LogP) is 4.34. The smallest absolute Gasteiger partial charge is 0.262 e. The van der Waals surface area contributed by atoms with Crippen LogP contribution in [0.25, 0.3) is 27.4 Å². The molecule has 0 bridgehead atoms. The van der Waals surface area contributed by atoms with Gasteiger partial charge in [-0.15, -0.1) is 0 Å². The van der Waals surface area contributed by atoms with E-state index in [0.717, 1.165) is 23.1 Å². The maximum absolute atomic E-state index is 6.05. The van der Waals surface area contributed by atoms with Crippen LogP contribution in [0.2, 0.25) is 0 Å². The number of benzene rings is 4. The van der Waals surface area contributed by atoms with E-state index in [4.69, 9.17) is 4.74 Å². The topological polar surface area (TPSA) is 13.1 Å². The molecule has 0 aliphatic rings. The highest BCUT2D eigenvalue weighted by atomic mass is 79.9. The predicted molar refractivity (Wildman–Crippen MR) is 130 cm³/mol. The van der Waals surface area contributed by atoms with Crippen molar-refractivity contribution in [1.29, 1.82) is 0 Å². The van der Waals surface area contributed by atoms with Crippen molar-refractivity contribution in [2.75, 3.05) is 0 Å². The van der Waals surface area contributed by atoms with E-state index >= 15 is 0 Å². The maximum Gasteiger partial charge on any atom is 0.262 e. The Morgan fingerprint density at radius 3 is 2.22 bits per heavy atom. The average Bonchev–Trinajstić information content (AvgIpc) is 3.18. The van der Waals surface area contributed by atoms with Crippen LogP contribution in [-0.2, 0) is 6.54 Å². The fourth-order valence-electron chi connectivity index (χ4n) is 3.84. The third-order valence-electron chi connectivity index (χ3n) is 5.23. The summed E-state index contributed by atoms with van der Waals surface area (Å²) in [5.74, 6) is 1.68. The summed E-state index contributed by atoms with van der Waals surface area (Å²) in [5, 5.41) is 1.15. The molecule has 0 saturated heterocycles. The van der Waals surface area contributed by atoms with Gasteiger partial charge >= 0.3 is 0 Å². The second-order valence-electron chi connectivity index (χ2n) is 7.31. The Labute approximate surface area is 202 Å². The van der Waals surface area contributed by atoms with E-state index in [1.807, 2.05) is 42.5 Å². The highest BCUT2D eigenvalue weighted by Gasteiger charge is 2.23. The largest absolute Gasteiger partial charge is 1.00 e. The normalized spacial score (nSPS) is 10.5. The lowest BCUT2D eigenvalue weighted by atomic mass is 10.0. The molecule has 2 nitrogen and oxygen atoms in total. The van der Waals surface area contributed by atoms with Crippen LogP contribution >= 0.6 is 11.3 Å². The molecule has 5 rings (SSSR count). The maximum atomic E-state index is 6.05. The molecule has 0 spiro atoms. The average molecular weight is 500 g/mol. The molecular formula is C28H22BrNOS. The van der Waals surface area contributed by atoms with E-state index in [1.165, 1.54) is 26.9 Å². The molecule has 0 N–H and O–H groups in total. The number of thiazole rings is 1. The zero-order chi connectivity index (χ0) is 21.0. The van der Waals surface area contributed by atoms with Crippen molar-refractivity contribution in [2.45, 2.75) is 6.54 Å². The Morgan fingerprint density at radius 1 is 0.781 bits per heavy atom. The lowest BCUT2D eigenvalue weighted by Gasteiger charge is -2.07. The van der Waals surface area contributed by atoms with Crippen molar-refractivity contribution in [3.63, 3.8) is 0 Å². The van der Waals surface area contributed by atoms with Gasteiger partial charge in [0.2, 0.25) is 5.52 Å². The number of halogens is 1. The molecule has 4 aromatic carbocycles. The second-order valence-corrected chi connectivity index (χ2v) is 8.37. The van der Waals surface area contributed by atoms with Gasteiger partial charge in [0.15, 0.2) is 6.54 Å². The second kappa shape index (κ2) is 9.94. The minimum Gasteiger partial charge on any atom is -1.00 e. The third kappa shape index (κ3) is 4.52. The molecule has 5 aromatic rings. The summed E-state index contributed by atoms with van der Waals surface area (Å²) in [7, 11) is 0. The number of ether oxygens (including phenoxy) is 1. The number of aromatic nitrogens is 1. The lowest BCUT2D eigenvalue weighted by molar-refractivity contribution is -0.659. The van der Waals surface area contributed by atoms with Gasteiger partial charge < -0.3 is 21.7 Å². The number of hydrogen-bond donors (Lipinski definition) is 0. The zero-order valence-corrected chi connectivity index (χ0v) is 19.9. The molecule has 0 radical (unpaired) electrons. The fourth-order valence-corrected chi connectivity index (χ4v) is 4.87. The van der Waals surface area contributed by atoms with Crippen LogP contribution in [0.1, 0.15) is 10.6 Å². The van der Waals surface area contributed by atoms with E-state index in [0.29, 0.717) is 0 Å². The molecule has 0 aliphatic heterocycles. The first-order valence-electron chi connectivity index (χ1n) is 10.3. The van der Waals surface area contributed by atoms with E-state index in [2.05, 4.69) is 77.9 Å². The van der Waals surface area contributed by atoms with Gasteiger partial charge in [0, 0.05) is 11.6 Å². The molecule has 0 aliphatic carbocycles. The van der Waals surface area contributed by atoms with Gasteiger partial charge in [0.1, 0.15) is 16.2 Å². The summed E-state index contributed by atoms with van der Waals surface area (Å²) in [6.07, 6.45) is 1.95. The summed E-state index contributed by atoms with van der Waals surface area (Å²) in [6.45, 7) is 4.82. The molecule has 32 heavy (non-hydrogen) atoms. The molecule has 0 fully saturated rings. The van der Waals surface area contributed by atoms with Crippen LogP contribution in [0, 0.1) is 0 Å². The van der Waals surface area contributed by atoms with Crippen LogP contribution in [0.3, 0.4) is 0 Å². The van der Waals surface area contributed by atoms with E-state index in [-0.39, 0.29) is 17.0 Å².